The van der Waals surface area contributed by atoms with Gasteiger partial charge in [-0.15, -0.1) is 0 Å². The number of nitrogens with zero attached hydrogens (tertiary/aromatic N) is 1. The fourth-order valence-corrected chi connectivity index (χ4v) is 3.10. The number of rotatable bonds is 4. The first kappa shape index (κ1) is 18.0. The molecule has 0 atom stereocenters. The van der Waals surface area contributed by atoms with E-state index in [0.717, 1.165) is 31.7 Å². The fourth-order valence-electron chi connectivity index (χ4n) is 3.10. The zero-order valence-corrected chi connectivity index (χ0v) is 15.0. The van der Waals surface area contributed by atoms with Gasteiger partial charge >= 0.3 is 0 Å². The monoisotopic (exact) mass is 352 g/mol. The first-order valence-corrected chi connectivity index (χ1v) is 9.02. The summed E-state index contributed by atoms with van der Waals surface area (Å²) >= 11 is 0. The Balaban J connectivity index is 1.64. The normalized spacial score (nSPS) is 14.4. The number of carbonyl (C=O) groups excluding carboxylic acids is 2. The molecule has 2 amide bonds. The van der Waals surface area contributed by atoms with Crippen molar-refractivity contribution in [3.8, 4) is 5.75 Å². The van der Waals surface area contributed by atoms with E-state index in [1.807, 2.05) is 4.90 Å². The van der Waals surface area contributed by atoms with Crippen molar-refractivity contribution in [2.45, 2.75) is 25.7 Å². The first-order chi connectivity index (χ1) is 12.7. The van der Waals surface area contributed by atoms with E-state index in [0.29, 0.717) is 16.8 Å². The standard InChI is InChI=1S/C21H24N2O3/c1-26-19-12-10-18(11-13-19)22-20(24)16-6-8-17(9-7-16)21(25)23-14-4-2-3-5-15-23/h6-13H,2-5,14-15H2,1H3,(H,22,24). The number of hydrogen-bond donors (Lipinski definition) is 1. The van der Waals surface area contributed by atoms with E-state index in [-0.39, 0.29) is 11.8 Å². The minimum Gasteiger partial charge on any atom is -0.497 e. The van der Waals surface area contributed by atoms with Crippen molar-refractivity contribution >= 4 is 17.5 Å². The van der Waals surface area contributed by atoms with Gasteiger partial charge in [0.25, 0.3) is 11.8 Å². The highest BCUT2D eigenvalue weighted by Crippen LogP contribution is 2.17. The van der Waals surface area contributed by atoms with Gasteiger partial charge < -0.3 is 15.0 Å². The topological polar surface area (TPSA) is 58.6 Å². The molecule has 26 heavy (non-hydrogen) atoms. The van der Waals surface area contributed by atoms with Crippen LogP contribution in [0.3, 0.4) is 0 Å². The zero-order chi connectivity index (χ0) is 18.4. The van der Waals surface area contributed by atoms with Gasteiger partial charge in [0.05, 0.1) is 7.11 Å². The summed E-state index contributed by atoms with van der Waals surface area (Å²) in [6, 6.07) is 14.0. The van der Waals surface area contributed by atoms with Gasteiger partial charge in [0.1, 0.15) is 5.75 Å². The minimum absolute atomic E-state index is 0.0500. The maximum atomic E-state index is 12.6. The molecule has 1 aliphatic rings. The van der Waals surface area contributed by atoms with E-state index >= 15 is 0 Å². The molecule has 1 saturated heterocycles. The molecule has 1 fully saturated rings. The van der Waals surface area contributed by atoms with Crippen LogP contribution in [0.5, 0.6) is 5.75 Å². The Bertz CT molecular complexity index is 746. The molecule has 5 heteroatoms. The van der Waals surface area contributed by atoms with Gasteiger partial charge in [-0.1, -0.05) is 12.8 Å². The van der Waals surface area contributed by atoms with Crippen LogP contribution in [0.4, 0.5) is 5.69 Å². The van der Waals surface area contributed by atoms with Crippen LogP contribution >= 0.6 is 0 Å². The third-order valence-corrected chi connectivity index (χ3v) is 4.64. The Morgan fingerprint density at radius 3 is 2.00 bits per heavy atom. The van der Waals surface area contributed by atoms with Crippen LogP contribution in [0.2, 0.25) is 0 Å². The van der Waals surface area contributed by atoms with E-state index in [4.69, 9.17) is 4.74 Å². The number of anilines is 1. The summed E-state index contributed by atoms with van der Waals surface area (Å²) in [6.07, 6.45) is 4.50. The molecule has 136 valence electrons. The summed E-state index contributed by atoms with van der Waals surface area (Å²) < 4.78 is 5.10. The second kappa shape index (κ2) is 8.52. The lowest BCUT2D eigenvalue weighted by Crippen LogP contribution is -2.31. The quantitative estimate of drug-likeness (QED) is 0.906. The summed E-state index contributed by atoms with van der Waals surface area (Å²) in [5, 5.41) is 2.84. The lowest BCUT2D eigenvalue weighted by Gasteiger charge is -2.20. The van der Waals surface area contributed by atoms with Crippen molar-refractivity contribution in [3.05, 3.63) is 59.7 Å². The number of hydrogen-bond acceptors (Lipinski definition) is 3. The Hall–Kier alpha value is -2.82. The Morgan fingerprint density at radius 1 is 0.846 bits per heavy atom. The Kier molecular flexibility index (Phi) is 5.89. The largest absolute Gasteiger partial charge is 0.497 e. The van der Waals surface area contributed by atoms with Crippen LogP contribution in [0.15, 0.2) is 48.5 Å². The molecule has 2 aromatic rings. The summed E-state index contributed by atoms with van der Waals surface area (Å²) in [6.45, 7) is 1.64. The predicted octanol–water partition coefficient (Wildman–Crippen LogP) is 3.96. The van der Waals surface area contributed by atoms with E-state index in [1.54, 1.807) is 55.6 Å². The summed E-state index contributed by atoms with van der Waals surface area (Å²) in [7, 11) is 1.60. The van der Waals surface area contributed by atoms with Crippen LogP contribution in [-0.2, 0) is 0 Å². The summed E-state index contributed by atoms with van der Waals surface area (Å²) in [5.41, 5.74) is 1.85. The maximum absolute atomic E-state index is 12.6. The summed E-state index contributed by atoms with van der Waals surface area (Å²) in [4.78, 5) is 26.9. The van der Waals surface area contributed by atoms with E-state index in [1.165, 1.54) is 12.8 Å². The molecule has 5 nitrogen and oxygen atoms in total. The molecule has 2 aromatic carbocycles. The van der Waals surface area contributed by atoms with Crippen LogP contribution in [0.1, 0.15) is 46.4 Å². The Morgan fingerprint density at radius 2 is 1.42 bits per heavy atom. The fraction of sp³-hybridized carbons (Fsp3) is 0.333. The number of nitrogens with one attached hydrogen (secondary N) is 1. The lowest BCUT2D eigenvalue weighted by molar-refractivity contribution is 0.0761. The van der Waals surface area contributed by atoms with Gasteiger partial charge in [-0.2, -0.15) is 0 Å². The highest BCUT2D eigenvalue weighted by Gasteiger charge is 2.17. The van der Waals surface area contributed by atoms with Gasteiger partial charge in [0.15, 0.2) is 0 Å². The molecule has 0 aliphatic carbocycles. The van der Waals surface area contributed by atoms with E-state index < -0.39 is 0 Å². The molecule has 1 heterocycles. The number of ether oxygens (including phenoxy) is 1. The minimum atomic E-state index is -0.205. The van der Waals surface area contributed by atoms with Gasteiger partial charge in [0, 0.05) is 29.9 Å². The van der Waals surface area contributed by atoms with Gasteiger partial charge in [0.2, 0.25) is 0 Å². The van der Waals surface area contributed by atoms with Crippen molar-refractivity contribution in [3.63, 3.8) is 0 Å². The second-order valence-electron chi connectivity index (χ2n) is 6.47. The molecule has 0 aromatic heterocycles. The average Bonchev–Trinajstić information content (AvgIpc) is 2.97. The number of methoxy groups -OCH3 is 1. The van der Waals surface area contributed by atoms with Crippen molar-refractivity contribution in [1.82, 2.24) is 4.90 Å². The highest BCUT2D eigenvalue weighted by molar-refractivity contribution is 6.05. The van der Waals surface area contributed by atoms with Crippen LogP contribution < -0.4 is 10.1 Å². The third-order valence-electron chi connectivity index (χ3n) is 4.64. The molecule has 3 rings (SSSR count). The Labute approximate surface area is 154 Å². The first-order valence-electron chi connectivity index (χ1n) is 9.02. The van der Waals surface area contributed by atoms with Crippen molar-refractivity contribution in [1.29, 1.82) is 0 Å². The van der Waals surface area contributed by atoms with Crippen molar-refractivity contribution in [2.24, 2.45) is 0 Å². The van der Waals surface area contributed by atoms with Crippen LogP contribution in [0.25, 0.3) is 0 Å². The SMILES string of the molecule is COc1ccc(NC(=O)c2ccc(C(=O)N3CCCCCC3)cc2)cc1. The third kappa shape index (κ3) is 4.42. The predicted molar refractivity (Wildman–Crippen MR) is 102 cm³/mol. The molecular formula is C21H24N2O3. The van der Waals surface area contributed by atoms with Gasteiger partial charge in [-0.25, -0.2) is 0 Å². The molecule has 0 saturated carbocycles. The van der Waals surface area contributed by atoms with Crippen LogP contribution in [0, 0.1) is 0 Å². The van der Waals surface area contributed by atoms with Crippen LogP contribution in [-0.4, -0.2) is 36.9 Å². The summed E-state index contributed by atoms with van der Waals surface area (Å²) in [5.74, 6) is 0.581. The zero-order valence-electron chi connectivity index (χ0n) is 15.0. The molecule has 0 unspecified atom stereocenters. The smallest absolute Gasteiger partial charge is 0.255 e. The van der Waals surface area contributed by atoms with Crippen molar-refractivity contribution in [2.75, 3.05) is 25.5 Å². The molecule has 0 radical (unpaired) electrons. The highest BCUT2D eigenvalue weighted by atomic mass is 16.5. The number of amides is 2. The maximum Gasteiger partial charge on any atom is 0.255 e. The lowest BCUT2D eigenvalue weighted by atomic mass is 10.1. The van der Waals surface area contributed by atoms with E-state index in [9.17, 15) is 9.59 Å². The van der Waals surface area contributed by atoms with E-state index in [2.05, 4.69) is 5.32 Å². The molecule has 1 aliphatic heterocycles. The van der Waals surface area contributed by atoms with Crippen molar-refractivity contribution < 1.29 is 14.3 Å². The van der Waals surface area contributed by atoms with Gasteiger partial charge in [-0.05, 0) is 61.4 Å². The second-order valence-corrected chi connectivity index (χ2v) is 6.47. The average molecular weight is 352 g/mol. The molecule has 0 spiro atoms. The number of likely N-dealkylation sites (tertiary alicyclic amines) is 1. The number of benzene rings is 2. The molecular weight excluding hydrogens is 328 g/mol. The number of carbonyl (C=O) groups is 2. The molecule has 1 N–H and O–H groups in total. The van der Waals surface area contributed by atoms with Gasteiger partial charge in [-0.3, -0.25) is 9.59 Å². The molecule has 0 bridgehead atoms.